The fraction of sp³-hybridized carbons (Fsp3) is 0.211. The molecule has 0 bridgehead atoms. The average molecular weight is 356 g/mol. The molecule has 0 heterocycles. The van der Waals surface area contributed by atoms with Gasteiger partial charge in [0, 0.05) is 12.6 Å². The minimum absolute atomic E-state index is 0.204. The van der Waals surface area contributed by atoms with E-state index in [0.29, 0.717) is 23.7 Å². The summed E-state index contributed by atoms with van der Waals surface area (Å²) in [6.07, 6.45) is 0. The standard InChI is InChI=1S/C19H20N2O5/c1-3-25-17-7-5-4-6-16(17)21-18(23)12-26-19(24)14-8-10-15(11-9-14)20-13(2)22/h4-11H,3,12H2,1-2H3,(H,20,22)(H,21,23). The first kappa shape index (κ1) is 19.0. The van der Waals surface area contributed by atoms with Crippen LogP contribution in [0.4, 0.5) is 11.4 Å². The third kappa shape index (κ3) is 5.62. The predicted octanol–water partition coefficient (Wildman–Crippen LogP) is 2.84. The summed E-state index contributed by atoms with van der Waals surface area (Å²) < 4.78 is 10.4. The number of ether oxygens (including phenoxy) is 2. The predicted molar refractivity (Wildman–Crippen MR) is 97.3 cm³/mol. The van der Waals surface area contributed by atoms with Gasteiger partial charge in [0.1, 0.15) is 5.75 Å². The second kappa shape index (κ2) is 9.22. The van der Waals surface area contributed by atoms with Crippen molar-refractivity contribution in [2.75, 3.05) is 23.8 Å². The van der Waals surface area contributed by atoms with Crippen LogP contribution >= 0.6 is 0 Å². The molecule has 0 aliphatic carbocycles. The number of esters is 1. The van der Waals surface area contributed by atoms with Crippen LogP contribution in [0.5, 0.6) is 5.75 Å². The zero-order chi connectivity index (χ0) is 18.9. The van der Waals surface area contributed by atoms with Gasteiger partial charge in [-0.1, -0.05) is 12.1 Å². The van der Waals surface area contributed by atoms with E-state index >= 15 is 0 Å². The van der Waals surface area contributed by atoms with Crippen molar-refractivity contribution < 1.29 is 23.9 Å². The summed E-state index contributed by atoms with van der Waals surface area (Å²) in [5, 5.41) is 5.24. The molecule has 0 saturated carbocycles. The third-order valence-electron chi connectivity index (χ3n) is 3.24. The van der Waals surface area contributed by atoms with Gasteiger partial charge >= 0.3 is 5.97 Å². The van der Waals surface area contributed by atoms with Crippen LogP contribution in [0.3, 0.4) is 0 Å². The largest absolute Gasteiger partial charge is 0.492 e. The van der Waals surface area contributed by atoms with Gasteiger partial charge in [-0.25, -0.2) is 4.79 Å². The molecule has 136 valence electrons. The normalized spacial score (nSPS) is 9.92. The second-order valence-electron chi connectivity index (χ2n) is 5.31. The van der Waals surface area contributed by atoms with Crippen LogP contribution in [0.2, 0.25) is 0 Å². The fourth-order valence-electron chi connectivity index (χ4n) is 2.14. The molecule has 2 aromatic carbocycles. The molecule has 26 heavy (non-hydrogen) atoms. The first-order chi connectivity index (χ1) is 12.5. The highest BCUT2D eigenvalue weighted by Gasteiger charge is 2.12. The van der Waals surface area contributed by atoms with Crippen molar-refractivity contribution in [2.45, 2.75) is 13.8 Å². The number of nitrogens with one attached hydrogen (secondary N) is 2. The van der Waals surface area contributed by atoms with Gasteiger partial charge < -0.3 is 20.1 Å². The van der Waals surface area contributed by atoms with E-state index in [1.54, 1.807) is 36.4 Å². The summed E-state index contributed by atoms with van der Waals surface area (Å²) in [6.45, 7) is 3.28. The van der Waals surface area contributed by atoms with E-state index in [2.05, 4.69) is 10.6 Å². The van der Waals surface area contributed by atoms with Gasteiger partial charge in [-0.3, -0.25) is 9.59 Å². The summed E-state index contributed by atoms with van der Waals surface area (Å²) in [4.78, 5) is 34.9. The van der Waals surface area contributed by atoms with Gasteiger partial charge in [0.2, 0.25) is 5.91 Å². The molecular weight excluding hydrogens is 336 g/mol. The SMILES string of the molecule is CCOc1ccccc1NC(=O)COC(=O)c1ccc(NC(C)=O)cc1. The van der Waals surface area contributed by atoms with E-state index in [9.17, 15) is 14.4 Å². The number of carbonyl (C=O) groups is 3. The smallest absolute Gasteiger partial charge is 0.338 e. The zero-order valence-corrected chi connectivity index (χ0v) is 14.6. The lowest BCUT2D eigenvalue weighted by Crippen LogP contribution is -2.21. The summed E-state index contributed by atoms with van der Waals surface area (Å²) in [6, 6.07) is 13.2. The molecule has 0 atom stereocenters. The topological polar surface area (TPSA) is 93.7 Å². The highest BCUT2D eigenvalue weighted by Crippen LogP contribution is 2.23. The summed E-state index contributed by atoms with van der Waals surface area (Å²) in [7, 11) is 0. The Morgan fingerprint density at radius 1 is 0.962 bits per heavy atom. The molecule has 0 aromatic heterocycles. The minimum Gasteiger partial charge on any atom is -0.492 e. The molecule has 0 aliphatic rings. The molecule has 0 unspecified atom stereocenters. The lowest BCUT2D eigenvalue weighted by molar-refractivity contribution is -0.119. The number of hydrogen-bond acceptors (Lipinski definition) is 5. The maximum atomic E-state index is 12.0. The van der Waals surface area contributed by atoms with Crippen molar-refractivity contribution in [1.82, 2.24) is 0 Å². The van der Waals surface area contributed by atoms with Crippen molar-refractivity contribution in [2.24, 2.45) is 0 Å². The van der Waals surface area contributed by atoms with E-state index < -0.39 is 18.5 Å². The van der Waals surface area contributed by atoms with Crippen LogP contribution in [0.25, 0.3) is 0 Å². The Labute approximate surface area is 151 Å². The lowest BCUT2D eigenvalue weighted by atomic mass is 10.2. The van der Waals surface area contributed by atoms with Crippen LogP contribution in [0.1, 0.15) is 24.2 Å². The molecule has 0 radical (unpaired) electrons. The minimum atomic E-state index is -0.632. The third-order valence-corrected chi connectivity index (χ3v) is 3.24. The quantitative estimate of drug-likeness (QED) is 0.744. The Bertz CT molecular complexity index is 787. The number of anilines is 2. The molecule has 0 aliphatic heterocycles. The number of benzene rings is 2. The average Bonchev–Trinajstić information content (AvgIpc) is 2.62. The lowest BCUT2D eigenvalue weighted by Gasteiger charge is -2.11. The van der Waals surface area contributed by atoms with Crippen molar-refractivity contribution in [3.05, 3.63) is 54.1 Å². The van der Waals surface area contributed by atoms with Gasteiger partial charge in [-0.05, 0) is 43.3 Å². The van der Waals surface area contributed by atoms with E-state index in [-0.39, 0.29) is 11.5 Å². The van der Waals surface area contributed by atoms with Crippen molar-refractivity contribution in [1.29, 1.82) is 0 Å². The molecule has 2 rings (SSSR count). The van der Waals surface area contributed by atoms with Crippen LogP contribution in [0, 0.1) is 0 Å². The first-order valence-electron chi connectivity index (χ1n) is 8.06. The summed E-state index contributed by atoms with van der Waals surface area (Å²) >= 11 is 0. The fourth-order valence-corrected chi connectivity index (χ4v) is 2.14. The van der Waals surface area contributed by atoms with Gasteiger partial charge in [0.15, 0.2) is 6.61 Å². The van der Waals surface area contributed by atoms with Gasteiger partial charge in [0.05, 0.1) is 17.9 Å². The van der Waals surface area contributed by atoms with Crippen molar-refractivity contribution in [3.63, 3.8) is 0 Å². The number of para-hydroxylation sites is 2. The molecule has 7 heteroatoms. The molecule has 0 saturated heterocycles. The van der Waals surface area contributed by atoms with E-state index in [1.165, 1.54) is 19.1 Å². The van der Waals surface area contributed by atoms with E-state index in [4.69, 9.17) is 9.47 Å². The molecule has 2 N–H and O–H groups in total. The molecule has 0 fully saturated rings. The monoisotopic (exact) mass is 356 g/mol. The maximum Gasteiger partial charge on any atom is 0.338 e. The Morgan fingerprint density at radius 2 is 1.65 bits per heavy atom. The Balaban J connectivity index is 1.89. The number of amides is 2. The Kier molecular flexibility index (Phi) is 6.73. The molecule has 7 nitrogen and oxygen atoms in total. The van der Waals surface area contributed by atoms with E-state index in [0.717, 1.165) is 0 Å². The number of rotatable bonds is 7. The highest BCUT2D eigenvalue weighted by atomic mass is 16.5. The van der Waals surface area contributed by atoms with Gasteiger partial charge in [0.25, 0.3) is 5.91 Å². The Hall–Kier alpha value is -3.35. The van der Waals surface area contributed by atoms with Crippen LogP contribution in [-0.4, -0.2) is 31.0 Å². The van der Waals surface area contributed by atoms with Crippen molar-refractivity contribution in [3.8, 4) is 5.75 Å². The Morgan fingerprint density at radius 3 is 2.31 bits per heavy atom. The number of carbonyl (C=O) groups excluding carboxylic acids is 3. The highest BCUT2D eigenvalue weighted by molar-refractivity contribution is 5.96. The molecule has 2 amide bonds. The number of hydrogen-bond donors (Lipinski definition) is 2. The second-order valence-corrected chi connectivity index (χ2v) is 5.31. The maximum absolute atomic E-state index is 12.0. The first-order valence-corrected chi connectivity index (χ1v) is 8.06. The van der Waals surface area contributed by atoms with Gasteiger partial charge in [-0.2, -0.15) is 0 Å². The van der Waals surface area contributed by atoms with Crippen LogP contribution in [0.15, 0.2) is 48.5 Å². The van der Waals surface area contributed by atoms with Crippen LogP contribution in [-0.2, 0) is 14.3 Å². The van der Waals surface area contributed by atoms with Crippen LogP contribution < -0.4 is 15.4 Å². The van der Waals surface area contributed by atoms with Crippen molar-refractivity contribution >= 4 is 29.2 Å². The molecular formula is C19H20N2O5. The molecule has 2 aromatic rings. The summed E-state index contributed by atoms with van der Waals surface area (Å²) in [5.74, 6) is -0.763. The van der Waals surface area contributed by atoms with E-state index in [1.807, 2.05) is 6.92 Å². The summed E-state index contributed by atoms with van der Waals surface area (Å²) in [5.41, 5.74) is 1.36. The van der Waals surface area contributed by atoms with Gasteiger partial charge in [-0.15, -0.1) is 0 Å². The molecule has 0 spiro atoms. The zero-order valence-electron chi connectivity index (χ0n) is 14.6.